The Morgan fingerprint density at radius 2 is 1.57 bits per heavy atom. The van der Waals surface area contributed by atoms with Gasteiger partial charge in [0, 0.05) is 6.04 Å². The summed E-state index contributed by atoms with van der Waals surface area (Å²) in [6.45, 7) is 3.68. The average Bonchev–Trinajstić information content (AvgIpc) is 2.52. The maximum absolute atomic E-state index is 12.4. The summed E-state index contributed by atoms with van der Waals surface area (Å²) in [5.41, 5.74) is -0.0853. The molecule has 0 radical (unpaired) electrons. The minimum atomic E-state index is -3.88. The molecular weight excluding hydrogens is 322 g/mol. The first-order valence-electron chi connectivity index (χ1n) is 7.09. The molecule has 0 saturated heterocycles. The van der Waals surface area contributed by atoms with E-state index in [1.54, 1.807) is 6.92 Å². The molecule has 1 unspecified atom stereocenters. The lowest BCUT2D eigenvalue weighted by Crippen LogP contribution is -2.32. The van der Waals surface area contributed by atoms with Crippen molar-refractivity contribution in [1.29, 1.82) is 0 Å². The Morgan fingerprint density at radius 1 is 1.09 bits per heavy atom. The highest BCUT2D eigenvalue weighted by molar-refractivity contribution is 7.89. The Hall–Kier alpha value is -1.93. The summed E-state index contributed by atoms with van der Waals surface area (Å²) < 4.78 is 36.5. The number of hydrogen-bond donors (Lipinski definition) is 1. The van der Waals surface area contributed by atoms with Gasteiger partial charge in [-0.2, -0.15) is 0 Å². The van der Waals surface area contributed by atoms with E-state index in [4.69, 9.17) is 0 Å². The topological polar surface area (TPSA) is 98.8 Å². The first-order chi connectivity index (χ1) is 10.7. The molecule has 0 fully saturated rings. The molecule has 0 amide bonds. The first-order valence-corrected chi connectivity index (χ1v) is 8.57. The highest BCUT2D eigenvalue weighted by atomic mass is 32.2. The third kappa shape index (κ3) is 5.04. The predicted octanol–water partition coefficient (Wildman–Crippen LogP) is 1.73. The largest absolute Gasteiger partial charge is 0.465 e. The van der Waals surface area contributed by atoms with Gasteiger partial charge in [0.25, 0.3) is 0 Å². The van der Waals surface area contributed by atoms with E-state index in [1.807, 2.05) is 6.92 Å². The quantitative estimate of drug-likeness (QED) is 0.757. The molecule has 0 heterocycles. The van der Waals surface area contributed by atoms with Crippen LogP contribution in [-0.4, -0.2) is 40.6 Å². The maximum atomic E-state index is 12.4. The van der Waals surface area contributed by atoms with Crippen molar-refractivity contribution < 1.29 is 27.5 Å². The maximum Gasteiger partial charge on any atom is 0.337 e. The van der Waals surface area contributed by atoms with E-state index in [2.05, 4.69) is 14.2 Å². The van der Waals surface area contributed by atoms with Crippen molar-refractivity contribution in [3.05, 3.63) is 29.3 Å². The highest BCUT2D eigenvalue weighted by Gasteiger charge is 2.22. The first kappa shape index (κ1) is 19.1. The van der Waals surface area contributed by atoms with Crippen LogP contribution in [-0.2, 0) is 19.5 Å². The van der Waals surface area contributed by atoms with E-state index in [1.165, 1.54) is 32.4 Å². The second-order valence-electron chi connectivity index (χ2n) is 5.04. The highest BCUT2D eigenvalue weighted by Crippen LogP contribution is 2.18. The zero-order valence-corrected chi connectivity index (χ0v) is 14.4. The summed E-state index contributed by atoms with van der Waals surface area (Å²) in [5, 5.41) is 0. The molecule has 1 aromatic rings. The van der Waals surface area contributed by atoms with Gasteiger partial charge >= 0.3 is 11.9 Å². The number of rotatable bonds is 7. The van der Waals surface area contributed by atoms with Gasteiger partial charge in [0.05, 0.1) is 30.2 Å². The van der Waals surface area contributed by atoms with Gasteiger partial charge in [0.1, 0.15) is 0 Å². The van der Waals surface area contributed by atoms with E-state index in [9.17, 15) is 18.0 Å². The van der Waals surface area contributed by atoms with Crippen molar-refractivity contribution in [2.45, 2.75) is 37.6 Å². The number of ether oxygens (including phenoxy) is 2. The number of nitrogens with one attached hydrogen (secondary N) is 1. The second kappa shape index (κ2) is 8.07. The molecule has 0 saturated carbocycles. The van der Waals surface area contributed by atoms with Crippen LogP contribution in [0.1, 0.15) is 47.4 Å². The fourth-order valence-electron chi connectivity index (χ4n) is 2.05. The Kier molecular flexibility index (Phi) is 6.71. The molecule has 23 heavy (non-hydrogen) atoms. The SMILES string of the molecule is CCCC(C)NS(=O)(=O)c1cc(C(=O)OC)cc(C(=O)OC)c1. The number of esters is 2. The number of hydrogen-bond acceptors (Lipinski definition) is 6. The van der Waals surface area contributed by atoms with Crippen LogP contribution in [0.15, 0.2) is 23.1 Å². The molecule has 7 nitrogen and oxygen atoms in total. The Bertz CT molecular complexity index is 649. The zero-order chi connectivity index (χ0) is 17.6. The minimum absolute atomic E-state index is 0.0427. The fourth-order valence-corrected chi connectivity index (χ4v) is 3.40. The Balaban J connectivity index is 3.33. The van der Waals surface area contributed by atoms with E-state index in [0.717, 1.165) is 6.42 Å². The molecule has 1 N–H and O–H groups in total. The van der Waals surface area contributed by atoms with Crippen LogP contribution < -0.4 is 4.72 Å². The van der Waals surface area contributed by atoms with Crippen molar-refractivity contribution in [2.24, 2.45) is 0 Å². The number of benzene rings is 1. The van der Waals surface area contributed by atoms with Crippen LogP contribution in [0.4, 0.5) is 0 Å². The molecular formula is C15H21NO6S. The number of carbonyl (C=O) groups is 2. The van der Waals surface area contributed by atoms with E-state index >= 15 is 0 Å². The molecule has 0 spiro atoms. The van der Waals surface area contributed by atoms with Gasteiger partial charge in [-0.25, -0.2) is 22.7 Å². The molecule has 0 aliphatic heterocycles. The van der Waals surface area contributed by atoms with Crippen LogP contribution in [0.25, 0.3) is 0 Å². The van der Waals surface area contributed by atoms with Crippen LogP contribution in [0.2, 0.25) is 0 Å². The summed E-state index contributed by atoms with van der Waals surface area (Å²) >= 11 is 0. The van der Waals surface area contributed by atoms with Crippen LogP contribution >= 0.6 is 0 Å². The third-order valence-corrected chi connectivity index (χ3v) is 4.71. The number of carbonyl (C=O) groups excluding carboxylic acids is 2. The molecule has 0 aliphatic carbocycles. The third-order valence-electron chi connectivity index (χ3n) is 3.14. The van der Waals surface area contributed by atoms with E-state index in [0.29, 0.717) is 6.42 Å². The van der Waals surface area contributed by atoms with Gasteiger partial charge < -0.3 is 9.47 Å². The Labute approximate surface area is 136 Å². The molecule has 0 aromatic heterocycles. The molecule has 0 bridgehead atoms. The smallest absolute Gasteiger partial charge is 0.337 e. The lowest BCUT2D eigenvalue weighted by atomic mass is 10.1. The summed E-state index contributed by atoms with van der Waals surface area (Å²) in [5.74, 6) is -1.48. The minimum Gasteiger partial charge on any atom is -0.465 e. The molecule has 128 valence electrons. The molecule has 1 rings (SSSR count). The van der Waals surface area contributed by atoms with Crippen molar-refractivity contribution in [3.63, 3.8) is 0 Å². The van der Waals surface area contributed by atoms with Gasteiger partial charge in [-0.1, -0.05) is 13.3 Å². The average molecular weight is 343 g/mol. The summed E-state index contributed by atoms with van der Waals surface area (Å²) in [6, 6.07) is 3.29. The van der Waals surface area contributed by atoms with Crippen LogP contribution in [0.5, 0.6) is 0 Å². The van der Waals surface area contributed by atoms with Crippen molar-refractivity contribution in [1.82, 2.24) is 4.72 Å². The molecule has 8 heteroatoms. The van der Waals surface area contributed by atoms with Crippen LogP contribution in [0.3, 0.4) is 0 Å². The molecule has 1 aromatic carbocycles. The summed E-state index contributed by atoms with van der Waals surface area (Å²) in [6.07, 6.45) is 1.49. The monoisotopic (exact) mass is 343 g/mol. The molecule has 0 aliphatic rings. The normalized spacial score (nSPS) is 12.5. The molecule has 1 atom stereocenters. The van der Waals surface area contributed by atoms with Crippen LogP contribution in [0, 0.1) is 0 Å². The Morgan fingerprint density at radius 3 is 1.96 bits per heavy atom. The van der Waals surface area contributed by atoms with Gasteiger partial charge in [0.2, 0.25) is 10.0 Å². The lowest BCUT2D eigenvalue weighted by molar-refractivity contribution is 0.0598. The number of sulfonamides is 1. The van der Waals surface area contributed by atoms with Crippen molar-refractivity contribution >= 4 is 22.0 Å². The van der Waals surface area contributed by atoms with Gasteiger partial charge in [-0.3, -0.25) is 0 Å². The van der Waals surface area contributed by atoms with Gasteiger partial charge in [0.15, 0.2) is 0 Å². The summed E-state index contributed by atoms with van der Waals surface area (Å²) in [4.78, 5) is 23.2. The predicted molar refractivity (Wildman–Crippen MR) is 83.8 cm³/mol. The van der Waals surface area contributed by atoms with Crippen molar-refractivity contribution in [2.75, 3.05) is 14.2 Å². The standard InChI is InChI=1S/C15H21NO6S/c1-5-6-10(2)16-23(19,20)13-8-11(14(17)21-3)7-12(9-13)15(18)22-4/h7-10,16H,5-6H2,1-4H3. The zero-order valence-electron chi connectivity index (χ0n) is 13.6. The fraction of sp³-hybridized carbons (Fsp3) is 0.467. The second-order valence-corrected chi connectivity index (χ2v) is 6.75. The van der Waals surface area contributed by atoms with Crippen molar-refractivity contribution in [3.8, 4) is 0 Å². The lowest BCUT2D eigenvalue weighted by Gasteiger charge is -2.14. The van der Waals surface area contributed by atoms with E-state index < -0.39 is 22.0 Å². The number of methoxy groups -OCH3 is 2. The van der Waals surface area contributed by atoms with Gasteiger partial charge in [-0.15, -0.1) is 0 Å². The van der Waals surface area contributed by atoms with E-state index in [-0.39, 0.29) is 22.1 Å². The summed E-state index contributed by atoms with van der Waals surface area (Å²) in [7, 11) is -1.54. The van der Waals surface area contributed by atoms with Gasteiger partial charge in [-0.05, 0) is 31.5 Å².